The molecule has 100 valence electrons. The van der Waals surface area contributed by atoms with Crippen molar-refractivity contribution < 1.29 is 30.8 Å². The van der Waals surface area contributed by atoms with Crippen molar-refractivity contribution in [2.75, 3.05) is 12.0 Å². The Morgan fingerprint density at radius 1 is 1.28 bits per heavy atom. The van der Waals surface area contributed by atoms with Crippen molar-refractivity contribution in [2.45, 2.75) is 6.18 Å². The topological polar surface area (TPSA) is 51.2 Å². The van der Waals surface area contributed by atoms with Crippen LogP contribution in [0.15, 0.2) is 18.2 Å². The van der Waals surface area contributed by atoms with Crippen LogP contribution in [0.1, 0.15) is 15.9 Å². The van der Waals surface area contributed by atoms with E-state index in [9.17, 15) is 30.8 Å². The summed E-state index contributed by atoms with van der Waals surface area (Å²) in [6.07, 6.45) is -4.16. The van der Waals surface area contributed by atoms with Gasteiger partial charge in [-0.25, -0.2) is 12.8 Å². The third-order valence-electron chi connectivity index (χ3n) is 1.99. The number of sulfone groups is 1. The van der Waals surface area contributed by atoms with Crippen LogP contribution in [0.3, 0.4) is 0 Å². The van der Waals surface area contributed by atoms with Crippen molar-refractivity contribution in [3.8, 4) is 0 Å². The van der Waals surface area contributed by atoms with Gasteiger partial charge in [-0.1, -0.05) is 0 Å². The van der Waals surface area contributed by atoms with Crippen molar-refractivity contribution in [2.24, 2.45) is 0 Å². The van der Waals surface area contributed by atoms with Gasteiger partial charge in [-0.3, -0.25) is 4.79 Å². The van der Waals surface area contributed by atoms with E-state index < -0.39 is 44.5 Å². The molecule has 0 radical (unpaired) electrons. The van der Waals surface area contributed by atoms with Gasteiger partial charge in [0.05, 0.1) is 5.56 Å². The highest BCUT2D eigenvalue weighted by atomic mass is 32.2. The largest absolute Gasteiger partial charge is 0.419 e. The first-order valence-corrected chi connectivity index (χ1v) is 6.64. The quantitative estimate of drug-likeness (QED) is 0.630. The maximum absolute atomic E-state index is 12.9. The van der Waals surface area contributed by atoms with E-state index in [2.05, 4.69) is 0 Å². The van der Waals surface area contributed by atoms with E-state index in [1.165, 1.54) is 0 Å². The van der Waals surface area contributed by atoms with Crippen LogP contribution < -0.4 is 0 Å². The molecule has 1 rings (SSSR count). The minimum atomic E-state index is -4.94. The third kappa shape index (κ3) is 3.80. The molecule has 0 saturated carbocycles. The Morgan fingerprint density at radius 3 is 2.28 bits per heavy atom. The average Bonchev–Trinajstić information content (AvgIpc) is 2.13. The lowest BCUT2D eigenvalue weighted by Gasteiger charge is -2.09. The van der Waals surface area contributed by atoms with E-state index in [0.29, 0.717) is 12.1 Å². The van der Waals surface area contributed by atoms with Crippen molar-refractivity contribution >= 4 is 15.6 Å². The number of carbonyl (C=O) groups excluding carboxylic acids is 1. The highest BCUT2D eigenvalue weighted by Crippen LogP contribution is 2.31. The summed E-state index contributed by atoms with van der Waals surface area (Å²) in [6, 6.07) is 1.61. The standard InChI is InChI=1S/C10H8F4O3S/c1-18(16,17)5-9(15)6-2-3-8(11)7(4-6)10(12,13)14/h2-4H,5H2,1H3. The summed E-state index contributed by atoms with van der Waals surface area (Å²) in [4.78, 5) is 11.4. The van der Waals surface area contributed by atoms with Gasteiger partial charge >= 0.3 is 6.18 Å². The van der Waals surface area contributed by atoms with Crippen LogP contribution in [0.4, 0.5) is 17.6 Å². The molecule has 0 aliphatic carbocycles. The van der Waals surface area contributed by atoms with Gasteiger partial charge < -0.3 is 0 Å². The summed E-state index contributed by atoms with van der Waals surface area (Å²) >= 11 is 0. The molecule has 0 aliphatic heterocycles. The molecule has 0 aromatic heterocycles. The second-order valence-corrected chi connectivity index (χ2v) is 5.83. The van der Waals surface area contributed by atoms with Gasteiger partial charge in [0.1, 0.15) is 11.6 Å². The second kappa shape index (κ2) is 4.68. The van der Waals surface area contributed by atoms with Gasteiger partial charge in [0, 0.05) is 11.8 Å². The minimum Gasteiger partial charge on any atom is -0.293 e. The maximum Gasteiger partial charge on any atom is 0.419 e. The number of halogens is 4. The van der Waals surface area contributed by atoms with Crippen LogP contribution >= 0.6 is 0 Å². The number of carbonyl (C=O) groups is 1. The van der Waals surface area contributed by atoms with E-state index in [-0.39, 0.29) is 0 Å². The minimum absolute atomic E-state index is 0.308. The zero-order chi connectivity index (χ0) is 14.1. The van der Waals surface area contributed by atoms with Gasteiger partial charge in [0.15, 0.2) is 15.6 Å². The van der Waals surface area contributed by atoms with Crippen LogP contribution in [0.5, 0.6) is 0 Å². The summed E-state index contributed by atoms with van der Waals surface area (Å²) < 4.78 is 71.7. The first kappa shape index (κ1) is 14.6. The molecule has 0 amide bonds. The number of ketones is 1. The van der Waals surface area contributed by atoms with Crippen LogP contribution in [-0.4, -0.2) is 26.2 Å². The molecule has 0 unspecified atom stereocenters. The fraction of sp³-hybridized carbons (Fsp3) is 0.300. The molecule has 8 heteroatoms. The Labute approximate surface area is 100 Å². The molecular formula is C10H8F4O3S. The van der Waals surface area contributed by atoms with Crippen LogP contribution in [-0.2, 0) is 16.0 Å². The van der Waals surface area contributed by atoms with E-state index >= 15 is 0 Å². The predicted octanol–water partition coefficient (Wildman–Crippen LogP) is 2.07. The molecule has 0 saturated heterocycles. The molecule has 0 N–H and O–H groups in total. The summed E-state index contributed by atoms with van der Waals surface area (Å²) in [5.41, 5.74) is -2.09. The van der Waals surface area contributed by atoms with E-state index in [1.54, 1.807) is 0 Å². The lowest BCUT2D eigenvalue weighted by atomic mass is 10.1. The van der Waals surface area contributed by atoms with Crippen molar-refractivity contribution in [3.63, 3.8) is 0 Å². The predicted molar refractivity (Wildman–Crippen MR) is 55.4 cm³/mol. The van der Waals surface area contributed by atoms with Crippen LogP contribution in [0.25, 0.3) is 0 Å². The van der Waals surface area contributed by atoms with Gasteiger partial charge in [-0.2, -0.15) is 13.2 Å². The lowest BCUT2D eigenvalue weighted by molar-refractivity contribution is -0.140. The number of rotatable bonds is 3. The normalized spacial score (nSPS) is 12.5. The van der Waals surface area contributed by atoms with E-state index in [0.717, 1.165) is 12.3 Å². The van der Waals surface area contributed by atoms with Crippen molar-refractivity contribution in [3.05, 3.63) is 35.1 Å². The number of hydrogen-bond donors (Lipinski definition) is 0. The monoisotopic (exact) mass is 284 g/mol. The number of hydrogen-bond acceptors (Lipinski definition) is 3. The van der Waals surface area contributed by atoms with Gasteiger partial charge in [-0.05, 0) is 18.2 Å². The zero-order valence-corrected chi connectivity index (χ0v) is 9.90. The van der Waals surface area contributed by atoms with E-state index in [4.69, 9.17) is 0 Å². The highest BCUT2D eigenvalue weighted by molar-refractivity contribution is 7.91. The Hall–Kier alpha value is -1.44. The average molecular weight is 284 g/mol. The smallest absolute Gasteiger partial charge is 0.293 e. The summed E-state index contributed by atoms with van der Waals surface area (Å²) in [5.74, 6) is -3.45. The Morgan fingerprint density at radius 2 is 1.83 bits per heavy atom. The molecule has 18 heavy (non-hydrogen) atoms. The lowest BCUT2D eigenvalue weighted by Crippen LogP contribution is -2.16. The number of benzene rings is 1. The van der Waals surface area contributed by atoms with Gasteiger partial charge in [0.2, 0.25) is 0 Å². The molecular weight excluding hydrogens is 276 g/mol. The fourth-order valence-corrected chi connectivity index (χ4v) is 1.88. The van der Waals surface area contributed by atoms with Crippen LogP contribution in [0, 0.1) is 5.82 Å². The van der Waals surface area contributed by atoms with Crippen molar-refractivity contribution in [1.29, 1.82) is 0 Å². The highest BCUT2D eigenvalue weighted by Gasteiger charge is 2.34. The Balaban J connectivity index is 3.18. The number of alkyl halides is 3. The molecule has 0 atom stereocenters. The molecule has 0 aliphatic rings. The molecule has 3 nitrogen and oxygen atoms in total. The molecule has 0 heterocycles. The van der Waals surface area contributed by atoms with Gasteiger partial charge in [0.25, 0.3) is 0 Å². The second-order valence-electron chi connectivity index (χ2n) is 3.69. The fourth-order valence-electron chi connectivity index (χ4n) is 1.24. The van der Waals surface area contributed by atoms with Gasteiger partial charge in [-0.15, -0.1) is 0 Å². The molecule has 0 spiro atoms. The first-order chi connectivity index (χ1) is 8.00. The molecule has 1 aromatic rings. The number of Topliss-reactive ketones (excluding diaryl/α,β-unsaturated/α-hetero) is 1. The van der Waals surface area contributed by atoms with Crippen molar-refractivity contribution in [1.82, 2.24) is 0 Å². The summed E-state index contributed by atoms with van der Waals surface area (Å²) in [5, 5.41) is 0. The maximum atomic E-state index is 12.9. The summed E-state index contributed by atoms with van der Waals surface area (Å²) in [7, 11) is -3.65. The molecule has 1 aromatic carbocycles. The first-order valence-electron chi connectivity index (χ1n) is 4.58. The zero-order valence-electron chi connectivity index (χ0n) is 9.08. The Bertz CT molecular complexity index is 575. The van der Waals surface area contributed by atoms with Crippen LogP contribution in [0.2, 0.25) is 0 Å². The SMILES string of the molecule is CS(=O)(=O)CC(=O)c1ccc(F)c(C(F)(F)F)c1. The summed E-state index contributed by atoms with van der Waals surface area (Å²) in [6.45, 7) is 0. The van der Waals surface area contributed by atoms with E-state index in [1.807, 2.05) is 0 Å². The Kier molecular flexibility index (Phi) is 3.80. The third-order valence-corrected chi connectivity index (χ3v) is 2.77. The molecule has 0 bridgehead atoms. The molecule has 0 fully saturated rings.